The number of benzene rings is 2. The first-order valence-corrected chi connectivity index (χ1v) is 11.7. The Hall–Kier alpha value is -2.06. The number of hydrogen-bond acceptors (Lipinski definition) is 6. The molecule has 0 radical (unpaired) electrons. The van der Waals surface area contributed by atoms with Crippen LogP contribution in [0.2, 0.25) is 5.02 Å². The number of carbonyl (C=O) groups is 1. The van der Waals surface area contributed by atoms with E-state index < -0.39 is 0 Å². The highest BCUT2D eigenvalue weighted by Gasteiger charge is 2.24. The van der Waals surface area contributed by atoms with E-state index in [1.807, 2.05) is 19.1 Å². The minimum Gasteiger partial charge on any atom is -0.486 e. The fourth-order valence-electron chi connectivity index (χ4n) is 3.66. The Labute approximate surface area is 203 Å². The molecule has 0 spiro atoms. The average molecular weight is 496 g/mol. The molecule has 4 rings (SSSR count). The van der Waals surface area contributed by atoms with E-state index in [2.05, 4.69) is 18.7 Å². The van der Waals surface area contributed by atoms with Gasteiger partial charge in [-0.3, -0.25) is 9.69 Å². The van der Waals surface area contributed by atoms with E-state index in [-0.39, 0.29) is 18.3 Å². The number of likely N-dealkylation sites (N-methyl/N-ethyl adjacent to an activating group) is 1. The van der Waals surface area contributed by atoms with Gasteiger partial charge < -0.3 is 14.4 Å². The summed E-state index contributed by atoms with van der Waals surface area (Å²) in [6.07, 6.45) is 0. The van der Waals surface area contributed by atoms with Crippen LogP contribution in [0, 0.1) is 6.92 Å². The Kier molecular flexibility index (Phi) is 8.22. The number of anilines is 1. The van der Waals surface area contributed by atoms with Gasteiger partial charge >= 0.3 is 0 Å². The Bertz CT molecular complexity index is 1100. The number of thiazole rings is 1. The highest BCUT2D eigenvalue weighted by atomic mass is 35.5. The van der Waals surface area contributed by atoms with Gasteiger partial charge in [-0.05, 0) is 55.9 Å². The maximum absolute atomic E-state index is 13.6. The molecule has 2 heterocycles. The predicted octanol–water partition coefficient (Wildman–Crippen LogP) is 5.44. The van der Waals surface area contributed by atoms with E-state index in [4.69, 9.17) is 26.1 Å². The Morgan fingerprint density at radius 3 is 2.53 bits per heavy atom. The molecule has 0 unspecified atom stereocenters. The third-order valence-electron chi connectivity index (χ3n) is 5.44. The number of aryl methyl sites for hydroxylation is 1. The van der Waals surface area contributed by atoms with Crippen molar-refractivity contribution < 1.29 is 14.3 Å². The lowest BCUT2D eigenvalue weighted by Crippen LogP contribution is -2.39. The molecule has 1 amide bonds. The molecule has 32 heavy (non-hydrogen) atoms. The van der Waals surface area contributed by atoms with Crippen molar-refractivity contribution in [3.8, 4) is 11.5 Å². The maximum atomic E-state index is 13.6. The summed E-state index contributed by atoms with van der Waals surface area (Å²) in [7, 11) is 0. The third-order valence-corrected chi connectivity index (χ3v) is 6.68. The Balaban J connectivity index is 0.00000289. The van der Waals surface area contributed by atoms with E-state index in [1.54, 1.807) is 23.1 Å². The lowest BCUT2D eigenvalue weighted by molar-refractivity contribution is 0.0982. The van der Waals surface area contributed by atoms with Gasteiger partial charge in [0.25, 0.3) is 5.91 Å². The molecule has 0 saturated heterocycles. The zero-order valence-corrected chi connectivity index (χ0v) is 20.8. The van der Waals surface area contributed by atoms with Crippen molar-refractivity contribution in [1.29, 1.82) is 0 Å². The third kappa shape index (κ3) is 5.12. The summed E-state index contributed by atoms with van der Waals surface area (Å²) in [6.45, 7) is 10.4. The smallest absolute Gasteiger partial charge is 0.260 e. The number of rotatable bonds is 7. The van der Waals surface area contributed by atoms with Gasteiger partial charge in [0.15, 0.2) is 16.6 Å². The molecule has 0 N–H and O–H groups in total. The molecule has 172 valence electrons. The highest BCUT2D eigenvalue weighted by Crippen LogP contribution is 2.35. The first-order valence-electron chi connectivity index (χ1n) is 10.5. The predicted molar refractivity (Wildman–Crippen MR) is 134 cm³/mol. The van der Waals surface area contributed by atoms with Crippen LogP contribution in [0.1, 0.15) is 29.8 Å². The summed E-state index contributed by atoms with van der Waals surface area (Å²) in [6, 6.07) is 9.15. The minimum absolute atomic E-state index is 0. The SMILES string of the molecule is CCN(CC)CCN(C(=O)c1ccc2c(c1)OCCO2)c1nc2c(C)cc(Cl)cc2s1.Cl. The molecule has 1 aliphatic heterocycles. The van der Waals surface area contributed by atoms with Gasteiger partial charge in [0.1, 0.15) is 13.2 Å². The van der Waals surface area contributed by atoms with Gasteiger partial charge in [-0.15, -0.1) is 12.4 Å². The number of fused-ring (bicyclic) bond motifs is 2. The second-order valence-corrected chi connectivity index (χ2v) is 8.85. The van der Waals surface area contributed by atoms with Crippen LogP contribution in [0.25, 0.3) is 10.2 Å². The van der Waals surface area contributed by atoms with Crippen molar-refractivity contribution in [2.75, 3.05) is 44.3 Å². The second-order valence-electron chi connectivity index (χ2n) is 7.41. The minimum atomic E-state index is -0.105. The molecular formula is C23H27Cl2N3O3S. The molecule has 1 aromatic heterocycles. The van der Waals surface area contributed by atoms with Gasteiger partial charge in [0.2, 0.25) is 0 Å². The van der Waals surface area contributed by atoms with Gasteiger partial charge in [0, 0.05) is 23.7 Å². The number of nitrogens with zero attached hydrogens (tertiary/aromatic N) is 3. The summed E-state index contributed by atoms with van der Waals surface area (Å²) in [4.78, 5) is 22.5. The topological polar surface area (TPSA) is 54.9 Å². The van der Waals surface area contributed by atoms with Gasteiger partial charge in [-0.25, -0.2) is 4.98 Å². The summed E-state index contributed by atoms with van der Waals surface area (Å²) < 4.78 is 12.2. The Morgan fingerprint density at radius 1 is 1.09 bits per heavy atom. The van der Waals surface area contributed by atoms with E-state index in [1.165, 1.54) is 11.3 Å². The number of halogens is 2. The Morgan fingerprint density at radius 2 is 1.81 bits per heavy atom. The quantitative estimate of drug-likeness (QED) is 0.436. The first-order chi connectivity index (χ1) is 15.0. The van der Waals surface area contributed by atoms with E-state index in [0.29, 0.717) is 47.0 Å². The maximum Gasteiger partial charge on any atom is 0.260 e. The van der Waals surface area contributed by atoms with Crippen molar-refractivity contribution >= 4 is 56.6 Å². The van der Waals surface area contributed by atoms with Crippen LogP contribution >= 0.6 is 35.3 Å². The van der Waals surface area contributed by atoms with Crippen LogP contribution in [-0.4, -0.2) is 55.2 Å². The lowest BCUT2D eigenvalue weighted by atomic mass is 10.1. The molecule has 2 aromatic carbocycles. The summed E-state index contributed by atoms with van der Waals surface area (Å²) >= 11 is 7.73. The highest BCUT2D eigenvalue weighted by molar-refractivity contribution is 7.22. The van der Waals surface area contributed by atoms with Crippen molar-refractivity contribution in [2.45, 2.75) is 20.8 Å². The van der Waals surface area contributed by atoms with Gasteiger partial charge in [-0.2, -0.15) is 0 Å². The van der Waals surface area contributed by atoms with Crippen molar-refractivity contribution in [1.82, 2.24) is 9.88 Å². The van der Waals surface area contributed by atoms with Crippen LogP contribution in [-0.2, 0) is 0 Å². The molecule has 0 bridgehead atoms. The molecule has 0 aliphatic carbocycles. The van der Waals surface area contributed by atoms with E-state index >= 15 is 0 Å². The molecule has 1 aliphatic rings. The van der Waals surface area contributed by atoms with Gasteiger partial charge in [0.05, 0.1) is 10.2 Å². The van der Waals surface area contributed by atoms with E-state index in [9.17, 15) is 4.79 Å². The number of aromatic nitrogens is 1. The molecule has 6 nitrogen and oxygen atoms in total. The molecular weight excluding hydrogens is 469 g/mol. The normalized spacial score (nSPS) is 12.7. The van der Waals surface area contributed by atoms with Crippen LogP contribution in [0.5, 0.6) is 11.5 Å². The second kappa shape index (κ2) is 10.7. The number of hydrogen-bond donors (Lipinski definition) is 0. The molecule has 0 fully saturated rings. The molecule has 3 aromatic rings. The zero-order chi connectivity index (χ0) is 22.0. The number of ether oxygens (including phenoxy) is 2. The van der Waals surface area contributed by atoms with Crippen LogP contribution in [0.15, 0.2) is 30.3 Å². The van der Waals surface area contributed by atoms with Crippen molar-refractivity contribution in [3.63, 3.8) is 0 Å². The number of amides is 1. The van der Waals surface area contributed by atoms with Crippen LogP contribution < -0.4 is 14.4 Å². The summed E-state index contributed by atoms with van der Waals surface area (Å²) in [5.41, 5.74) is 2.44. The summed E-state index contributed by atoms with van der Waals surface area (Å²) in [5.74, 6) is 1.17. The van der Waals surface area contributed by atoms with Crippen LogP contribution in [0.4, 0.5) is 5.13 Å². The fraction of sp³-hybridized carbons (Fsp3) is 0.391. The average Bonchev–Trinajstić information content (AvgIpc) is 3.20. The van der Waals surface area contributed by atoms with Crippen LogP contribution in [0.3, 0.4) is 0 Å². The first kappa shape index (κ1) is 24.6. The fourth-order valence-corrected chi connectivity index (χ4v) is 5.10. The standard InChI is InChI=1S/C23H26ClN3O3S.ClH/c1-4-26(5-2)8-9-27(23-25-21-15(3)12-17(24)14-20(21)31-23)22(28)16-6-7-18-19(13-16)30-11-10-29-18;/h6-7,12-14H,4-5,8-11H2,1-3H3;1H. The zero-order valence-electron chi connectivity index (χ0n) is 18.4. The summed E-state index contributed by atoms with van der Waals surface area (Å²) in [5, 5.41) is 1.35. The number of carbonyl (C=O) groups excluding carboxylic acids is 1. The largest absolute Gasteiger partial charge is 0.486 e. The monoisotopic (exact) mass is 495 g/mol. The van der Waals surface area contributed by atoms with E-state index in [0.717, 1.165) is 35.4 Å². The van der Waals surface area contributed by atoms with Gasteiger partial charge in [-0.1, -0.05) is 36.8 Å². The van der Waals surface area contributed by atoms with Crippen molar-refractivity contribution in [3.05, 3.63) is 46.5 Å². The molecule has 0 atom stereocenters. The molecule has 0 saturated carbocycles. The van der Waals surface area contributed by atoms with Crippen molar-refractivity contribution in [2.24, 2.45) is 0 Å². The lowest BCUT2D eigenvalue weighted by Gasteiger charge is -2.25. The molecule has 9 heteroatoms.